The van der Waals surface area contributed by atoms with Crippen LogP contribution in [0.4, 0.5) is 13.2 Å². The van der Waals surface area contributed by atoms with Crippen LogP contribution in [0.2, 0.25) is 0 Å². The fourth-order valence-electron chi connectivity index (χ4n) is 1.60. The van der Waals surface area contributed by atoms with Crippen LogP contribution in [-0.2, 0) is 4.74 Å². The van der Waals surface area contributed by atoms with Crippen LogP contribution >= 0.6 is 0 Å². The van der Waals surface area contributed by atoms with E-state index in [0.29, 0.717) is 19.8 Å². The lowest BCUT2D eigenvalue weighted by Crippen LogP contribution is -2.40. The second-order valence-electron chi connectivity index (χ2n) is 4.09. The van der Waals surface area contributed by atoms with E-state index in [9.17, 15) is 13.2 Å². The zero-order valence-corrected chi connectivity index (χ0v) is 8.68. The standard InChI is InChI=1S/C9H17F3N2O/c1-6(2-9(10,11)12)14-3-7-4-15-5-8(7)13/h6-8,14H,2-5,13H2,1H3. The Labute approximate surface area is 87.2 Å². The summed E-state index contributed by atoms with van der Waals surface area (Å²) < 4.78 is 41.1. The third kappa shape index (κ3) is 4.81. The molecule has 3 atom stereocenters. The van der Waals surface area contributed by atoms with E-state index in [2.05, 4.69) is 5.32 Å². The molecule has 1 fully saturated rings. The first-order valence-corrected chi connectivity index (χ1v) is 5.02. The lowest BCUT2D eigenvalue weighted by Gasteiger charge is -2.19. The zero-order chi connectivity index (χ0) is 11.5. The number of hydrogen-bond acceptors (Lipinski definition) is 3. The molecule has 1 aliphatic rings. The van der Waals surface area contributed by atoms with Crippen molar-refractivity contribution >= 4 is 0 Å². The van der Waals surface area contributed by atoms with E-state index >= 15 is 0 Å². The molecule has 3 N–H and O–H groups in total. The first-order valence-electron chi connectivity index (χ1n) is 5.02. The molecular formula is C9H17F3N2O. The molecule has 0 aromatic rings. The first-order chi connectivity index (χ1) is 6.88. The van der Waals surface area contributed by atoms with Gasteiger partial charge in [-0.05, 0) is 6.92 Å². The largest absolute Gasteiger partial charge is 0.390 e. The Balaban J connectivity index is 2.19. The molecule has 0 amide bonds. The average Bonchev–Trinajstić information content (AvgIpc) is 2.44. The molecule has 0 spiro atoms. The Morgan fingerprint density at radius 3 is 2.60 bits per heavy atom. The van der Waals surface area contributed by atoms with E-state index < -0.39 is 18.6 Å². The highest BCUT2D eigenvalue weighted by Gasteiger charge is 2.31. The average molecular weight is 226 g/mol. The second kappa shape index (κ2) is 5.14. The van der Waals surface area contributed by atoms with Crippen LogP contribution in [0.15, 0.2) is 0 Å². The third-order valence-corrected chi connectivity index (χ3v) is 2.51. The lowest BCUT2D eigenvalue weighted by atomic mass is 10.0. The van der Waals surface area contributed by atoms with Crippen LogP contribution in [0.1, 0.15) is 13.3 Å². The Bertz CT molecular complexity index is 198. The molecule has 0 aromatic heterocycles. The smallest absolute Gasteiger partial charge is 0.379 e. The van der Waals surface area contributed by atoms with Gasteiger partial charge < -0.3 is 15.8 Å². The van der Waals surface area contributed by atoms with Crippen molar-refractivity contribution in [1.29, 1.82) is 0 Å². The van der Waals surface area contributed by atoms with E-state index in [1.165, 1.54) is 6.92 Å². The maximum absolute atomic E-state index is 12.0. The number of hydrogen-bond donors (Lipinski definition) is 2. The number of nitrogens with one attached hydrogen (secondary N) is 1. The number of ether oxygens (including phenoxy) is 1. The highest BCUT2D eigenvalue weighted by molar-refractivity contribution is 4.80. The molecule has 1 saturated heterocycles. The molecule has 1 aliphatic heterocycles. The Morgan fingerprint density at radius 1 is 1.47 bits per heavy atom. The topological polar surface area (TPSA) is 47.3 Å². The molecule has 90 valence electrons. The second-order valence-corrected chi connectivity index (χ2v) is 4.09. The van der Waals surface area contributed by atoms with Gasteiger partial charge in [0.1, 0.15) is 0 Å². The van der Waals surface area contributed by atoms with E-state index in [4.69, 9.17) is 10.5 Å². The van der Waals surface area contributed by atoms with E-state index in [0.717, 1.165) is 0 Å². The maximum atomic E-state index is 12.0. The SMILES string of the molecule is CC(CC(F)(F)F)NCC1COCC1N. The normalized spacial score (nSPS) is 29.4. The minimum Gasteiger partial charge on any atom is -0.379 e. The van der Waals surface area contributed by atoms with Crippen LogP contribution < -0.4 is 11.1 Å². The van der Waals surface area contributed by atoms with E-state index in [1.807, 2.05) is 0 Å². The molecule has 3 unspecified atom stereocenters. The van der Waals surface area contributed by atoms with Gasteiger partial charge in [-0.2, -0.15) is 13.2 Å². The Hall–Kier alpha value is -0.330. The summed E-state index contributed by atoms with van der Waals surface area (Å²) in [5.74, 6) is 0.126. The summed E-state index contributed by atoms with van der Waals surface area (Å²) in [5.41, 5.74) is 5.71. The predicted octanol–water partition coefficient (Wildman–Crippen LogP) is 0.891. The summed E-state index contributed by atoms with van der Waals surface area (Å²) in [6.45, 7) is 3.04. The van der Waals surface area contributed by atoms with Gasteiger partial charge in [0.25, 0.3) is 0 Å². The summed E-state index contributed by atoms with van der Waals surface area (Å²) >= 11 is 0. The number of nitrogens with two attached hydrogens (primary N) is 1. The van der Waals surface area contributed by atoms with Crippen molar-refractivity contribution in [2.75, 3.05) is 19.8 Å². The maximum Gasteiger partial charge on any atom is 0.390 e. The van der Waals surface area contributed by atoms with Gasteiger partial charge in [-0.1, -0.05) is 0 Å². The summed E-state index contributed by atoms with van der Waals surface area (Å²) in [6.07, 6.45) is -4.92. The number of halogens is 3. The van der Waals surface area contributed by atoms with E-state index in [-0.39, 0.29) is 12.0 Å². The molecule has 1 heterocycles. The summed E-state index contributed by atoms with van der Waals surface area (Å²) in [6, 6.07) is -0.631. The highest BCUT2D eigenvalue weighted by atomic mass is 19.4. The zero-order valence-electron chi connectivity index (χ0n) is 8.68. The van der Waals surface area contributed by atoms with Crippen molar-refractivity contribution in [1.82, 2.24) is 5.32 Å². The molecule has 3 nitrogen and oxygen atoms in total. The predicted molar refractivity (Wildman–Crippen MR) is 50.4 cm³/mol. The Kier molecular flexibility index (Phi) is 4.36. The van der Waals surface area contributed by atoms with Gasteiger partial charge in [0, 0.05) is 24.5 Å². The quantitative estimate of drug-likeness (QED) is 0.748. The van der Waals surface area contributed by atoms with Crippen molar-refractivity contribution < 1.29 is 17.9 Å². The monoisotopic (exact) mass is 226 g/mol. The van der Waals surface area contributed by atoms with Crippen molar-refractivity contribution in [3.63, 3.8) is 0 Å². The minimum atomic E-state index is -4.11. The number of rotatable bonds is 4. The van der Waals surface area contributed by atoms with Gasteiger partial charge in [0.05, 0.1) is 19.6 Å². The van der Waals surface area contributed by atoms with Gasteiger partial charge >= 0.3 is 6.18 Å². The van der Waals surface area contributed by atoms with Gasteiger partial charge in [0.2, 0.25) is 0 Å². The molecule has 15 heavy (non-hydrogen) atoms. The third-order valence-electron chi connectivity index (χ3n) is 2.51. The molecule has 0 radical (unpaired) electrons. The fourth-order valence-corrected chi connectivity index (χ4v) is 1.60. The van der Waals surface area contributed by atoms with Gasteiger partial charge in [-0.25, -0.2) is 0 Å². The van der Waals surface area contributed by atoms with Gasteiger partial charge in [-0.3, -0.25) is 0 Å². The van der Waals surface area contributed by atoms with Crippen LogP contribution in [0.3, 0.4) is 0 Å². The number of alkyl halides is 3. The van der Waals surface area contributed by atoms with Crippen molar-refractivity contribution in [3.8, 4) is 0 Å². The van der Waals surface area contributed by atoms with Crippen LogP contribution in [0, 0.1) is 5.92 Å². The Morgan fingerprint density at radius 2 is 2.13 bits per heavy atom. The molecule has 1 rings (SSSR count). The van der Waals surface area contributed by atoms with Crippen LogP contribution in [0.5, 0.6) is 0 Å². The molecule has 0 aromatic carbocycles. The van der Waals surface area contributed by atoms with E-state index in [1.54, 1.807) is 0 Å². The first kappa shape index (κ1) is 12.7. The molecular weight excluding hydrogens is 209 g/mol. The van der Waals surface area contributed by atoms with Gasteiger partial charge in [-0.15, -0.1) is 0 Å². The lowest BCUT2D eigenvalue weighted by molar-refractivity contribution is -0.139. The van der Waals surface area contributed by atoms with Crippen LogP contribution in [-0.4, -0.2) is 38.0 Å². The highest BCUT2D eigenvalue weighted by Crippen LogP contribution is 2.21. The molecule has 0 aliphatic carbocycles. The molecule has 0 bridgehead atoms. The fraction of sp³-hybridized carbons (Fsp3) is 1.00. The summed E-state index contributed by atoms with van der Waals surface area (Å²) in [7, 11) is 0. The molecule has 6 heteroatoms. The molecule has 0 saturated carbocycles. The summed E-state index contributed by atoms with van der Waals surface area (Å²) in [5, 5.41) is 2.83. The van der Waals surface area contributed by atoms with Crippen molar-refractivity contribution in [2.45, 2.75) is 31.6 Å². The summed E-state index contributed by atoms with van der Waals surface area (Å²) in [4.78, 5) is 0. The van der Waals surface area contributed by atoms with Crippen molar-refractivity contribution in [3.05, 3.63) is 0 Å². The van der Waals surface area contributed by atoms with Crippen LogP contribution in [0.25, 0.3) is 0 Å². The van der Waals surface area contributed by atoms with Gasteiger partial charge in [0.15, 0.2) is 0 Å². The minimum absolute atomic E-state index is 0.0596. The van der Waals surface area contributed by atoms with Crippen molar-refractivity contribution in [2.24, 2.45) is 11.7 Å².